The van der Waals surface area contributed by atoms with Crippen LogP contribution >= 0.6 is 0 Å². The second kappa shape index (κ2) is 9.46. The van der Waals surface area contributed by atoms with E-state index in [2.05, 4.69) is 33.0 Å². The van der Waals surface area contributed by atoms with Crippen LogP contribution in [0.5, 0.6) is 0 Å². The summed E-state index contributed by atoms with van der Waals surface area (Å²) in [6.07, 6.45) is 0.837. The number of carbonyl (C=O) groups is 2. The Labute approximate surface area is 154 Å². The van der Waals surface area contributed by atoms with Crippen molar-refractivity contribution in [2.24, 2.45) is 0 Å². The number of carbonyl (C=O) groups excluding carboxylic acids is 2. The lowest BCUT2D eigenvalue weighted by Gasteiger charge is -2.19. The number of nitrogens with one attached hydrogen (secondary N) is 3. The summed E-state index contributed by atoms with van der Waals surface area (Å²) in [6.45, 7) is 4.78. The van der Waals surface area contributed by atoms with Gasteiger partial charge in [-0.1, -0.05) is 24.3 Å². The highest BCUT2D eigenvalue weighted by Crippen LogP contribution is 2.20. The van der Waals surface area contributed by atoms with E-state index in [0.717, 1.165) is 24.2 Å². The smallest absolute Gasteiger partial charge is 0.319 e. The zero-order valence-electron chi connectivity index (χ0n) is 15.5. The van der Waals surface area contributed by atoms with Gasteiger partial charge < -0.3 is 20.9 Å². The molecule has 0 aliphatic rings. The molecule has 2 rings (SSSR count). The van der Waals surface area contributed by atoms with Crippen molar-refractivity contribution in [3.8, 4) is 0 Å². The van der Waals surface area contributed by atoms with Gasteiger partial charge in [0.25, 0.3) is 0 Å². The average molecular weight is 354 g/mol. The Morgan fingerprint density at radius 1 is 1.04 bits per heavy atom. The van der Waals surface area contributed by atoms with Gasteiger partial charge in [-0.15, -0.1) is 0 Å². The van der Waals surface area contributed by atoms with Gasteiger partial charge in [0.1, 0.15) is 0 Å². The average Bonchev–Trinajstić information content (AvgIpc) is 2.61. The van der Waals surface area contributed by atoms with Crippen molar-refractivity contribution in [3.05, 3.63) is 54.1 Å². The predicted molar refractivity (Wildman–Crippen MR) is 107 cm³/mol. The number of hydrogen-bond donors (Lipinski definition) is 3. The Hall–Kier alpha value is -3.02. The zero-order valence-corrected chi connectivity index (χ0v) is 15.5. The third-order valence-electron chi connectivity index (χ3n) is 3.96. The summed E-state index contributed by atoms with van der Waals surface area (Å²) in [5, 5.41) is 8.40. The van der Waals surface area contributed by atoms with Crippen LogP contribution in [-0.4, -0.2) is 32.1 Å². The third kappa shape index (κ3) is 6.12. The number of hydrogen-bond acceptors (Lipinski definition) is 3. The fourth-order valence-corrected chi connectivity index (χ4v) is 2.53. The Morgan fingerprint density at radius 2 is 1.77 bits per heavy atom. The predicted octanol–water partition coefficient (Wildman–Crippen LogP) is 3.60. The van der Waals surface area contributed by atoms with E-state index >= 15 is 0 Å². The molecule has 138 valence electrons. The monoisotopic (exact) mass is 354 g/mol. The minimum absolute atomic E-state index is 0.146. The minimum atomic E-state index is -0.254. The van der Waals surface area contributed by atoms with Crippen molar-refractivity contribution in [3.63, 3.8) is 0 Å². The number of anilines is 3. The maximum atomic E-state index is 12.1. The number of amides is 3. The molecule has 0 saturated carbocycles. The van der Waals surface area contributed by atoms with Crippen LogP contribution < -0.4 is 20.9 Å². The maximum absolute atomic E-state index is 12.1. The van der Waals surface area contributed by atoms with Gasteiger partial charge >= 0.3 is 6.03 Å². The number of rotatable bonds is 7. The SMILES string of the molecule is CC(=O)Nc1ccc(C)c(NC(=O)NCCCN(C)c2ccccc2)c1. The van der Waals surface area contributed by atoms with E-state index in [0.29, 0.717) is 17.9 Å². The van der Waals surface area contributed by atoms with Crippen LogP contribution in [0.4, 0.5) is 21.9 Å². The molecule has 2 aromatic rings. The van der Waals surface area contributed by atoms with Crippen LogP contribution in [0.2, 0.25) is 0 Å². The minimum Gasteiger partial charge on any atom is -0.375 e. The molecule has 0 saturated heterocycles. The lowest BCUT2D eigenvalue weighted by atomic mass is 10.2. The Balaban J connectivity index is 1.77. The fraction of sp³-hybridized carbons (Fsp3) is 0.300. The first-order valence-corrected chi connectivity index (χ1v) is 8.65. The second-order valence-corrected chi connectivity index (χ2v) is 6.20. The lowest BCUT2D eigenvalue weighted by Crippen LogP contribution is -2.31. The summed E-state index contributed by atoms with van der Waals surface area (Å²) < 4.78 is 0. The van der Waals surface area contributed by atoms with Crippen LogP contribution in [0.1, 0.15) is 18.9 Å². The normalized spacial score (nSPS) is 10.1. The maximum Gasteiger partial charge on any atom is 0.319 e. The molecule has 2 aromatic carbocycles. The van der Waals surface area contributed by atoms with Crippen molar-refractivity contribution >= 4 is 29.0 Å². The molecule has 26 heavy (non-hydrogen) atoms. The van der Waals surface area contributed by atoms with Gasteiger partial charge in [-0.25, -0.2) is 4.79 Å². The summed E-state index contributed by atoms with van der Waals surface area (Å²) in [5.41, 5.74) is 3.42. The Bertz CT molecular complexity index is 747. The van der Waals surface area contributed by atoms with Gasteiger partial charge in [-0.05, 0) is 43.2 Å². The van der Waals surface area contributed by atoms with E-state index < -0.39 is 0 Å². The summed E-state index contributed by atoms with van der Waals surface area (Å²) in [4.78, 5) is 25.4. The van der Waals surface area contributed by atoms with Crippen LogP contribution in [0.15, 0.2) is 48.5 Å². The Kier molecular flexibility index (Phi) is 7.02. The van der Waals surface area contributed by atoms with Crippen molar-refractivity contribution in [1.82, 2.24) is 5.32 Å². The highest BCUT2D eigenvalue weighted by molar-refractivity contribution is 5.93. The summed E-state index contributed by atoms with van der Waals surface area (Å²) in [7, 11) is 2.03. The van der Waals surface area contributed by atoms with E-state index in [1.165, 1.54) is 6.92 Å². The molecule has 0 fully saturated rings. The van der Waals surface area contributed by atoms with Crippen molar-refractivity contribution in [2.45, 2.75) is 20.3 Å². The molecule has 0 unspecified atom stereocenters. The molecule has 3 amide bonds. The zero-order chi connectivity index (χ0) is 18.9. The van der Waals surface area contributed by atoms with Crippen LogP contribution in [0, 0.1) is 6.92 Å². The van der Waals surface area contributed by atoms with E-state index in [1.54, 1.807) is 12.1 Å². The molecule has 0 aliphatic heterocycles. The molecule has 3 N–H and O–H groups in total. The van der Waals surface area contributed by atoms with Gasteiger partial charge in [-0.2, -0.15) is 0 Å². The van der Waals surface area contributed by atoms with Crippen molar-refractivity contribution in [2.75, 3.05) is 35.7 Å². The number of urea groups is 1. The standard InChI is InChI=1S/C20H26N4O2/c1-15-10-11-17(22-16(2)25)14-19(15)23-20(26)21-12-7-13-24(3)18-8-5-4-6-9-18/h4-6,8-11,14H,7,12-13H2,1-3H3,(H,22,25)(H2,21,23,26). The molecule has 0 heterocycles. The van der Waals surface area contributed by atoms with Gasteiger partial charge in [0, 0.05) is 44.1 Å². The first-order valence-electron chi connectivity index (χ1n) is 8.65. The summed E-state index contributed by atoms with van der Waals surface area (Å²) >= 11 is 0. The van der Waals surface area contributed by atoms with Crippen molar-refractivity contribution in [1.29, 1.82) is 0 Å². The van der Waals surface area contributed by atoms with E-state index in [1.807, 2.05) is 38.2 Å². The third-order valence-corrected chi connectivity index (χ3v) is 3.96. The number of para-hydroxylation sites is 1. The molecule has 0 bridgehead atoms. The lowest BCUT2D eigenvalue weighted by molar-refractivity contribution is -0.114. The largest absolute Gasteiger partial charge is 0.375 e. The molecule has 6 heteroatoms. The van der Waals surface area contributed by atoms with E-state index in [4.69, 9.17) is 0 Å². The molecule has 6 nitrogen and oxygen atoms in total. The fourth-order valence-electron chi connectivity index (χ4n) is 2.53. The number of aryl methyl sites for hydroxylation is 1. The quantitative estimate of drug-likeness (QED) is 0.665. The summed E-state index contributed by atoms with van der Waals surface area (Å²) in [6, 6.07) is 15.3. The van der Waals surface area contributed by atoms with Gasteiger partial charge in [0.05, 0.1) is 0 Å². The van der Waals surface area contributed by atoms with E-state index in [9.17, 15) is 9.59 Å². The molecule has 0 atom stereocenters. The Morgan fingerprint density at radius 3 is 2.46 bits per heavy atom. The second-order valence-electron chi connectivity index (χ2n) is 6.20. The van der Waals surface area contributed by atoms with Gasteiger partial charge in [-0.3, -0.25) is 4.79 Å². The molecule has 0 spiro atoms. The molecular weight excluding hydrogens is 328 g/mol. The van der Waals surface area contributed by atoms with Gasteiger partial charge in [0.2, 0.25) is 5.91 Å². The number of benzene rings is 2. The first kappa shape index (κ1) is 19.3. The first-order chi connectivity index (χ1) is 12.5. The number of nitrogens with zero attached hydrogens (tertiary/aromatic N) is 1. The molecule has 0 aromatic heterocycles. The van der Waals surface area contributed by atoms with Crippen molar-refractivity contribution < 1.29 is 9.59 Å². The molecule has 0 radical (unpaired) electrons. The van der Waals surface area contributed by atoms with Crippen LogP contribution in [-0.2, 0) is 4.79 Å². The van der Waals surface area contributed by atoms with E-state index in [-0.39, 0.29) is 11.9 Å². The molecule has 0 aliphatic carbocycles. The van der Waals surface area contributed by atoms with Crippen LogP contribution in [0.3, 0.4) is 0 Å². The summed E-state index contributed by atoms with van der Waals surface area (Å²) in [5.74, 6) is -0.146. The highest BCUT2D eigenvalue weighted by atomic mass is 16.2. The topological polar surface area (TPSA) is 73.5 Å². The van der Waals surface area contributed by atoms with Gasteiger partial charge in [0.15, 0.2) is 0 Å². The van der Waals surface area contributed by atoms with Crippen LogP contribution in [0.25, 0.3) is 0 Å². The highest BCUT2D eigenvalue weighted by Gasteiger charge is 2.06. The molecular formula is C20H26N4O2.